The van der Waals surface area contributed by atoms with Crippen molar-refractivity contribution in [3.63, 3.8) is 0 Å². The average Bonchev–Trinajstić information content (AvgIpc) is 2.99. The van der Waals surface area contributed by atoms with Crippen molar-refractivity contribution in [3.05, 3.63) is 35.6 Å². The second kappa shape index (κ2) is 7.75. The number of nitrogens with zero attached hydrogens (tertiary/aromatic N) is 1. The van der Waals surface area contributed by atoms with Gasteiger partial charge in [-0.25, -0.2) is 4.39 Å². The second-order valence-corrected chi connectivity index (χ2v) is 5.86. The van der Waals surface area contributed by atoms with Crippen molar-refractivity contribution in [2.24, 2.45) is 0 Å². The summed E-state index contributed by atoms with van der Waals surface area (Å²) in [6.45, 7) is 4.06. The zero-order valence-electron chi connectivity index (χ0n) is 12.7. The van der Waals surface area contributed by atoms with Gasteiger partial charge in [0.2, 0.25) is 0 Å². The molecule has 0 aliphatic heterocycles. The molecule has 0 amide bonds. The fourth-order valence-corrected chi connectivity index (χ4v) is 3.17. The summed E-state index contributed by atoms with van der Waals surface area (Å²) in [5, 5.41) is 3.50. The van der Waals surface area contributed by atoms with Crippen molar-refractivity contribution in [2.45, 2.75) is 51.1 Å². The van der Waals surface area contributed by atoms with Crippen LogP contribution in [0.2, 0.25) is 0 Å². The van der Waals surface area contributed by atoms with E-state index in [0.29, 0.717) is 0 Å². The highest BCUT2D eigenvalue weighted by Crippen LogP contribution is 2.22. The van der Waals surface area contributed by atoms with Crippen LogP contribution >= 0.6 is 0 Å². The molecule has 0 spiro atoms. The molecule has 0 saturated heterocycles. The van der Waals surface area contributed by atoms with Crippen LogP contribution < -0.4 is 5.32 Å². The molecule has 1 N–H and O–H groups in total. The quantitative estimate of drug-likeness (QED) is 0.817. The fourth-order valence-electron chi connectivity index (χ4n) is 3.17. The first-order chi connectivity index (χ1) is 9.72. The van der Waals surface area contributed by atoms with Gasteiger partial charge in [-0.2, -0.15) is 0 Å². The molecule has 2 rings (SSSR count). The molecule has 0 bridgehead atoms. The lowest BCUT2D eigenvalue weighted by Crippen LogP contribution is -2.36. The van der Waals surface area contributed by atoms with Gasteiger partial charge < -0.3 is 10.2 Å². The van der Waals surface area contributed by atoms with Crippen LogP contribution in [-0.2, 0) is 0 Å². The number of hydrogen-bond acceptors (Lipinski definition) is 2. The van der Waals surface area contributed by atoms with E-state index < -0.39 is 0 Å². The molecule has 1 saturated carbocycles. The molecule has 112 valence electrons. The van der Waals surface area contributed by atoms with Crippen LogP contribution in [0.5, 0.6) is 0 Å². The summed E-state index contributed by atoms with van der Waals surface area (Å²) < 4.78 is 13.8. The molecule has 1 atom stereocenters. The maximum Gasteiger partial charge on any atom is 0.127 e. The first kappa shape index (κ1) is 15.5. The maximum atomic E-state index is 13.8. The van der Waals surface area contributed by atoms with Crippen LogP contribution in [0.25, 0.3) is 0 Å². The Balaban J connectivity index is 1.80. The Bertz CT molecular complexity index is 402. The fraction of sp³-hybridized carbons (Fsp3) is 0.647. The van der Waals surface area contributed by atoms with Gasteiger partial charge in [0.25, 0.3) is 0 Å². The van der Waals surface area contributed by atoms with Gasteiger partial charge in [-0.15, -0.1) is 0 Å². The number of halogens is 1. The van der Waals surface area contributed by atoms with E-state index in [1.807, 2.05) is 12.1 Å². The minimum Gasteiger partial charge on any atom is -0.309 e. The van der Waals surface area contributed by atoms with Crippen molar-refractivity contribution in [1.29, 1.82) is 0 Å². The van der Waals surface area contributed by atoms with Gasteiger partial charge in [-0.1, -0.05) is 38.0 Å². The highest BCUT2D eigenvalue weighted by Gasteiger charge is 2.19. The highest BCUT2D eigenvalue weighted by atomic mass is 19.1. The predicted octanol–water partition coefficient (Wildman–Crippen LogP) is 3.74. The Labute approximate surface area is 122 Å². The van der Waals surface area contributed by atoms with E-state index in [1.54, 1.807) is 12.1 Å². The van der Waals surface area contributed by atoms with E-state index in [2.05, 4.69) is 24.2 Å². The molecule has 1 fully saturated rings. The standard InChI is InChI=1S/C17H27FN2/c1-3-17(15-10-6-7-11-16(15)18)19-12-13-20(2)14-8-4-5-9-14/h6-7,10-11,14,17,19H,3-5,8-9,12-13H2,1-2H3. The lowest BCUT2D eigenvalue weighted by molar-refractivity contribution is 0.241. The van der Waals surface area contributed by atoms with E-state index in [1.165, 1.54) is 25.7 Å². The predicted molar refractivity (Wildman–Crippen MR) is 82.3 cm³/mol. The second-order valence-electron chi connectivity index (χ2n) is 5.86. The van der Waals surface area contributed by atoms with Crippen LogP contribution in [0.3, 0.4) is 0 Å². The largest absolute Gasteiger partial charge is 0.309 e. The Hall–Kier alpha value is -0.930. The first-order valence-electron chi connectivity index (χ1n) is 7.90. The molecule has 0 radical (unpaired) electrons. The molecule has 0 aromatic heterocycles. The summed E-state index contributed by atoms with van der Waals surface area (Å²) in [5.41, 5.74) is 0.790. The normalized spacial score (nSPS) is 17.8. The zero-order chi connectivity index (χ0) is 14.4. The number of benzene rings is 1. The lowest BCUT2D eigenvalue weighted by Gasteiger charge is -2.25. The third-order valence-corrected chi connectivity index (χ3v) is 4.49. The van der Waals surface area contributed by atoms with E-state index in [0.717, 1.165) is 31.1 Å². The van der Waals surface area contributed by atoms with Crippen molar-refractivity contribution in [1.82, 2.24) is 10.2 Å². The summed E-state index contributed by atoms with van der Waals surface area (Å²) in [6, 6.07) is 7.97. The Morgan fingerprint density at radius 3 is 2.65 bits per heavy atom. The van der Waals surface area contributed by atoms with Gasteiger partial charge in [0.1, 0.15) is 5.82 Å². The molecule has 1 aromatic carbocycles. The van der Waals surface area contributed by atoms with Gasteiger partial charge in [0.05, 0.1) is 0 Å². The van der Waals surface area contributed by atoms with Crippen molar-refractivity contribution in [3.8, 4) is 0 Å². The van der Waals surface area contributed by atoms with E-state index in [-0.39, 0.29) is 11.9 Å². The van der Waals surface area contributed by atoms with Crippen LogP contribution in [0.15, 0.2) is 24.3 Å². The smallest absolute Gasteiger partial charge is 0.127 e. The monoisotopic (exact) mass is 278 g/mol. The Kier molecular flexibility index (Phi) is 5.99. The van der Waals surface area contributed by atoms with Crippen LogP contribution in [0.1, 0.15) is 50.6 Å². The summed E-state index contributed by atoms with van der Waals surface area (Å²) >= 11 is 0. The molecule has 1 aliphatic carbocycles. The summed E-state index contributed by atoms with van der Waals surface area (Å²) in [5.74, 6) is -0.101. The van der Waals surface area contributed by atoms with E-state index >= 15 is 0 Å². The molecule has 3 heteroatoms. The summed E-state index contributed by atoms with van der Waals surface area (Å²) in [7, 11) is 2.21. The minimum absolute atomic E-state index is 0.101. The lowest BCUT2D eigenvalue weighted by atomic mass is 10.0. The molecule has 2 nitrogen and oxygen atoms in total. The SMILES string of the molecule is CCC(NCCN(C)C1CCCC1)c1ccccc1F. The third kappa shape index (κ3) is 4.03. The third-order valence-electron chi connectivity index (χ3n) is 4.49. The van der Waals surface area contributed by atoms with Gasteiger partial charge in [-0.05, 0) is 32.4 Å². The summed E-state index contributed by atoms with van der Waals surface area (Å²) in [4.78, 5) is 2.45. The van der Waals surface area contributed by atoms with E-state index in [9.17, 15) is 4.39 Å². The molecule has 1 aromatic rings. The Morgan fingerprint density at radius 1 is 1.30 bits per heavy atom. The zero-order valence-corrected chi connectivity index (χ0v) is 12.7. The van der Waals surface area contributed by atoms with Gasteiger partial charge in [0, 0.05) is 30.7 Å². The maximum absolute atomic E-state index is 13.8. The van der Waals surface area contributed by atoms with Crippen molar-refractivity contribution < 1.29 is 4.39 Å². The minimum atomic E-state index is -0.101. The number of rotatable bonds is 7. The van der Waals surface area contributed by atoms with E-state index in [4.69, 9.17) is 0 Å². The highest BCUT2D eigenvalue weighted by molar-refractivity contribution is 5.21. The molecular weight excluding hydrogens is 251 g/mol. The van der Waals surface area contributed by atoms with Gasteiger partial charge in [0.15, 0.2) is 0 Å². The Morgan fingerprint density at radius 2 is 2.00 bits per heavy atom. The molecule has 1 aliphatic rings. The first-order valence-corrected chi connectivity index (χ1v) is 7.90. The average molecular weight is 278 g/mol. The molecule has 1 unspecified atom stereocenters. The molecule has 20 heavy (non-hydrogen) atoms. The van der Waals surface area contributed by atoms with Gasteiger partial charge in [-0.3, -0.25) is 0 Å². The van der Waals surface area contributed by atoms with Crippen LogP contribution in [0.4, 0.5) is 4.39 Å². The molecule has 0 heterocycles. The number of nitrogens with one attached hydrogen (secondary N) is 1. The number of hydrogen-bond donors (Lipinski definition) is 1. The van der Waals surface area contributed by atoms with Crippen molar-refractivity contribution in [2.75, 3.05) is 20.1 Å². The molecular formula is C17H27FN2. The van der Waals surface area contributed by atoms with Crippen LogP contribution in [-0.4, -0.2) is 31.1 Å². The number of likely N-dealkylation sites (N-methyl/N-ethyl adjacent to an activating group) is 1. The van der Waals surface area contributed by atoms with Gasteiger partial charge >= 0.3 is 0 Å². The van der Waals surface area contributed by atoms with Crippen molar-refractivity contribution >= 4 is 0 Å². The topological polar surface area (TPSA) is 15.3 Å². The van der Waals surface area contributed by atoms with Crippen LogP contribution in [0, 0.1) is 5.82 Å². The summed E-state index contributed by atoms with van der Waals surface area (Å²) in [6.07, 6.45) is 6.32.